The average Bonchev–Trinajstić information content (AvgIpc) is 3.03. The lowest BCUT2D eigenvalue weighted by molar-refractivity contribution is 0.0999. The maximum absolute atomic E-state index is 11.4. The molecule has 0 bridgehead atoms. The van der Waals surface area contributed by atoms with Gasteiger partial charge < -0.3 is 20.8 Å². The molecular formula is C20H18N6O3. The van der Waals surface area contributed by atoms with Crippen LogP contribution in [0, 0.1) is 13.8 Å². The Balaban J connectivity index is 1.59. The molecule has 0 aliphatic rings. The Morgan fingerprint density at radius 2 is 1.83 bits per heavy atom. The second kappa shape index (κ2) is 7.12. The molecule has 1 amide bonds. The van der Waals surface area contributed by atoms with Crippen LogP contribution >= 0.6 is 0 Å². The minimum absolute atomic E-state index is 0.391. The topological polar surface area (TPSA) is 139 Å². The van der Waals surface area contributed by atoms with E-state index < -0.39 is 11.7 Å². The molecule has 0 radical (unpaired) electrons. The predicted octanol–water partition coefficient (Wildman–Crippen LogP) is 3.11. The number of rotatable bonds is 5. The number of fused-ring (bicyclic) bond motifs is 1. The summed E-state index contributed by atoms with van der Waals surface area (Å²) in [6.45, 7) is 3.70. The molecule has 146 valence electrons. The minimum Gasteiger partial charge on any atom is -0.408 e. The largest absolute Gasteiger partial charge is 0.417 e. The van der Waals surface area contributed by atoms with Crippen molar-refractivity contribution in [2.75, 3.05) is 10.6 Å². The Morgan fingerprint density at radius 3 is 2.59 bits per heavy atom. The second-order valence-corrected chi connectivity index (χ2v) is 6.59. The lowest BCUT2D eigenvalue weighted by atomic mass is 10.1. The number of aromatic amines is 1. The third-order valence-electron chi connectivity index (χ3n) is 4.40. The molecule has 0 saturated heterocycles. The van der Waals surface area contributed by atoms with Crippen molar-refractivity contribution >= 4 is 40.1 Å². The maximum Gasteiger partial charge on any atom is 0.417 e. The number of hydrogen-bond acceptors (Lipinski definition) is 7. The number of amides is 1. The van der Waals surface area contributed by atoms with E-state index in [9.17, 15) is 9.59 Å². The number of aryl methyl sites for hydroxylation is 2. The molecule has 0 aliphatic carbocycles. The summed E-state index contributed by atoms with van der Waals surface area (Å²) in [5.41, 5.74) is 9.97. The average molecular weight is 390 g/mol. The minimum atomic E-state index is -0.500. The fraction of sp³-hybridized carbons (Fsp3) is 0.100. The van der Waals surface area contributed by atoms with Crippen molar-refractivity contribution in [2.24, 2.45) is 5.73 Å². The van der Waals surface area contributed by atoms with Crippen LogP contribution in [0.1, 0.15) is 21.5 Å². The van der Waals surface area contributed by atoms with Gasteiger partial charge >= 0.3 is 5.76 Å². The van der Waals surface area contributed by atoms with Gasteiger partial charge in [-0.3, -0.25) is 9.78 Å². The van der Waals surface area contributed by atoms with Gasteiger partial charge in [-0.15, -0.1) is 0 Å². The summed E-state index contributed by atoms with van der Waals surface area (Å²) in [7, 11) is 0. The molecule has 9 nitrogen and oxygen atoms in total. The third kappa shape index (κ3) is 3.79. The van der Waals surface area contributed by atoms with E-state index in [0.29, 0.717) is 28.4 Å². The van der Waals surface area contributed by atoms with E-state index in [1.165, 1.54) is 0 Å². The number of carbonyl (C=O) groups is 1. The molecule has 0 fully saturated rings. The van der Waals surface area contributed by atoms with E-state index in [2.05, 4.69) is 25.6 Å². The van der Waals surface area contributed by atoms with Crippen LogP contribution in [0.4, 0.5) is 23.1 Å². The fourth-order valence-corrected chi connectivity index (χ4v) is 2.94. The number of H-pyrrole nitrogens is 1. The number of aromatic nitrogens is 3. The Bertz CT molecular complexity index is 1290. The molecule has 0 saturated carbocycles. The number of nitrogens with two attached hydrogens (primary N) is 1. The zero-order chi connectivity index (χ0) is 20.5. The standard InChI is InChI=1S/C20H18N6O3/c1-10-7-12(3-5-14(10)17(21)27)24-19-22-9-11(2)18(26-19)23-13-4-6-16-15(8-13)25-20(28)29-16/h3-9H,1-2H3,(H2,21,27)(H,25,28)(H2,22,23,24,26). The van der Waals surface area contributed by atoms with E-state index in [-0.39, 0.29) is 0 Å². The molecule has 0 atom stereocenters. The molecule has 0 aliphatic heterocycles. The van der Waals surface area contributed by atoms with Crippen molar-refractivity contribution < 1.29 is 9.21 Å². The Morgan fingerprint density at radius 1 is 1.07 bits per heavy atom. The number of nitrogens with zero attached hydrogens (tertiary/aromatic N) is 2. The maximum atomic E-state index is 11.4. The first kappa shape index (κ1) is 18.2. The van der Waals surface area contributed by atoms with Crippen LogP contribution in [-0.4, -0.2) is 20.9 Å². The molecule has 29 heavy (non-hydrogen) atoms. The summed E-state index contributed by atoms with van der Waals surface area (Å²) in [6, 6.07) is 10.5. The Kier molecular flexibility index (Phi) is 4.47. The first-order chi connectivity index (χ1) is 13.9. The summed E-state index contributed by atoms with van der Waals surface area (Å²) in [6.07, 6.45) is 1.69. The third-order valence-corrected chi connectivity index (χ3v) is 4.40. The lowest BCUT2D eigenvalue weighted by Crippen LogP contribution is -2.12. The van der Waals surface area contributed by atoms with E-state index in [4.69, 9.17) is 10.2 Å². The predicted molar refractivity (Wildman–Crippen MR) is 110 cm³/mol. The molecule has 0 unspecified atom stereocenters. The highest BCUT2D eigenvalue weighted by Crippen LogP contribution is 2.24. The zero-order valence-corrected chi connectivity index (χ0v) is 15.7. The molecule has 2 aromatic heterocycles. The molecule has 2 aromatic carbocycles. The monoisotopic (exact) mass is 390 g/mol. The Hall–Kier alpha value is -4.14. The number of benzene rings is 2. The van der Waals surface area contributed by atoms with Crippen LogP contribution in [0.15, 0.2) is 51.8 Å². The van der Waals surface area contributed by atoms with Crippen molar-refractivity contribution in [1.29, 1.82) is 0 Å². The molecule has 4 rings (SSSR count). The summed E-state index contributed by atoms with van der Waals surface area (Å²) >= 11 is 0. The van der Waals surface area contributed by atoms with Crippen LogP contribution in [0.2, 0.25) is 0 Å². The second-order valence-electron chi connectivity index (χ2n) is 6.59. The van der Waals surface area contributed by atoms with Crippen LogP contribution < -0.4 is 22.1 Å². The van der Waals surface area contributed by atoms with E-state index >= 15 is 0 Å². The summed E-state index contributed by atoms with van der Waals surface area (Å²) < 4.78 is 5.01. The van der Waals surface area contributed by atoms with E-state index in [0.717, 1.165) is 22.5 Å². The van der Waals surface area contributed by atoms with Gasteiger partial charge in [-0.25, -0.2) is 9.78 Å². The zero-order valence-electron chi connectivity index (χ0n) is 15.7. The van der Waals surface area contributed by atoms with Gasteiger partial charge in [-0.2, -0.15) is 4.98 Å². The first-order valence-electron chi connectivity index (χ1n) is 8.80. The number of anilines is 4. The molecule has 4 aromatic rings. The van der Waals surface area contributed by atoms with Gasteiger partial charge in [0.1, 0.15) is 5.82 Å². The van der Waals surface area contributed by atoms with Crippen LogP contribution in [-0.2, 0) is 0 Å². The van der Waals surface area contributed by atoms with Crippen molar-refractivity contribution in [2.45, 2.75) is 13.8 Å². The van der Waals surface area contributed by atoms with Gasteiger partial charge in [0.2, 0.25) is 11.9 Å². The number of carbonyl (C=O) groups excluding carboxylic acids is 1. The van der Waals surface area contributed by atoms with Crippen LogP contribution in [0.5, 0.6) is 0 Å². The summed E-state index contributed by atoms with van der Waals surface area (Å²) in [4.78, 5) is 34.1. The number of nitrogens with one attached hydrogen (secondary N) is 3. The highest BCUT2D eigenvalue weighted by Gasteiger charge is 2.09. The SMILES string of the molecule is Cc1cc(Nc2ncc(C)c(Nc3ccc4oc(=O)[nH]c4c3)n2)ccc1C(N)=O. The van der Waals surface area contributed by atoms with Gasteiger partial charge in [0.25, 0.3) is 0 Å². The molecule has 5 N–H and O–H groups in total. The van der Waals surface area contributed by atoms with Crippen molar-refractivity contribution in [1.82, 2.24) is 15.0 Å². The van der Waals surface area contributed by atoms with Crippen LogP contribution in [0.25, 0.3) is 11.1 Å². The molecule has 9 heteroatoms. The Labute approximate surface area is 165 Å². The number of oxazole rings is 1. The van der Waals surface area contributed by atoms with Gasteiger partial charge in [-0.05, 0) is 55.8 Å². The fourth-order valence-electron chi connectivity index (χ4n) is 2.94. The van der Waals surface area contributed by atoms with Crippen molar-refractivity contribution in [3.05, 3.63) is 69.8 Å². The summed E-state index contributed by atoms with van der Waals surface area (Å²) in [5.74, 6) is 0.0304. The van der Waals surface area contributed by atoms with E-state index in [1.807, 2.05) is 13.8 Å². The van der Waals surface area contributed by atoms with Gasteiger partial charge in [0, 0.05) is 28.7 Å². The van der Waals surface area contributed by atoms with Crippen molar-refractivity contribution in [3.63, 3.8) is 0 Å². The molecular weight excluding hydrogens is 372 g/mol. The summed E-state index contributed by atoms with van der Waals surface area (Å²) in [5, 5.41) is 6.34. The quantitative estimate of drug-likeness (QED) is 0.410. The number of primary amides is 1. The van der Waals surface area contributed by atoms with Crippen molar-refractivity contribution in [3.8, 4) is 0 Å². The van der Waals surface area contributed by atoms with Gasteiger partial charge in [0.05, 0.1) is 5.52 Å². The first-order valence-corrected chi connectivity index (χ1v) is 8.80. The highest BCUT2D eigenvalue weighted by atomic mass is 16.4. The smallest absolute Gasteiger partial charge is 0.408 e. The van der Waals surface area contributed by atoms with Gasteiger partial charge in [0.15, 0.2) is 5.58 Å². The number of hydrogen-bond donors (Lipinski definition) is 4. The normalized spacial score (nSPS) is 10.8. The lowest BCUT2D eigenvalue weighted by Gasteiger charge is -2.12. The van der Waals surface area contributed by atoms with Gasteiger partial charge in [-0.1, -0.05) is 0 Å². The highest BCUT2D eigenvalue weighted by molar-refractivity contribution is 5.94. The molecule has 2 heterocycles. The van der Waals surface area contributed by atoms with E-state index in [1.54, 1.807) is 42.6 Å². The molecule has 0 spiro atoms. The van der Waals surface area contributed by atoms with Crippen LogP contribution in [0.3, 0.4) is 0 Å².